The van der Waals surface area contributed by atoms with Gasteiger partial charge in [-0.05, 0) is 0 Å². The Balaban J connectivity index is 2.83. The molecule has 0 fully saturated rings. The van der Waals surface area contributed by atoms with Crippen LogP contribution in [0.15, 0.2) is 24.3 Å². The van der Waals surface area contributed by atoms with Crippen LogP contribution < -0.4 is 0 Å². The van der Waals surface area contributed by atoms with Crippen molar-refractivity contribution in [1.29, 1.82) is 0 Å². The molecule has 0 radical (unpaired) electrons. The Morgan fingerprint density at radius 2 is 0.938 bits per heavy atom. The van der Waals surface area contributed by atoms with Gasteiger partial charge >= 0.3 is 119 Å². The molecule has 0 aromatic heterocycles. The molecule has 0 nitrogen and oxygen atoms in total. The Morgan fingerprint density at radius 1 is 0.688 bits per heavy atom. The molecule has 0 saturated carbocycles. The predicted molar refractivity (Wildman–Crippen MR) is 78.2 cm³/mol. The maximum absolute atomic E-state index is 2.50. The van der Waals surface area contributed by atoms with Gasteiger partial charge in [0.25, 0.3) is 0 Å². The number of hydrogen-bond acceptors (Lipinski definition) is 0. The summed E-state index contributed by atoms with van der Waals surface area (Å²) in [5.74, 6) is 0. The van der Waals surface area contributed by atoms with E-state index in [1.807, 2.05) is 0 Å². The van der Waals surface area contributed by atoms with Gasteiger partial charge in [0, 0.05) is 0 Å². The Kier molecular flexibility index (Phi) is 6.39. The quantitative estimate of drug-likeness (QED) is 0.442. The van der Waals surface area contributed by atoms with E-state index in [0.29, 0.717) is 0 Å². The average Bonchev–Trinajstić information content (AvgIpc) is 2.27. The molecule has 1 rings (SSSR count). The molecule has 2 atom stereocenters. The molecule has 2 unspecified atom stereocenters. The van der Waals surface area contributed by atoms with Crippen LogP contribution in [0.25, 0.3) is 0 Å². The van der Waals surface area contributed by atoms with Crippen LogP contribution >= 0.6 is 0 Å². The fraction of sp³-hybridized carbons (Fsp3) is 0.571. The molecule has 0 amide bonds. The van der Waals surface area contributed by atoms with Crippen LogP contribution in [0.1, 0.15) is 32.2 Å². The van der Waals surface area contributed by atoms with Crippen molar-refractivity contribution in [3.63, 3.8) is 0 Å². The Hall–Kier alpha value is 0.986. The normalized spacial score (nSPS) is 15.5. The molecule has 0 N–H and O–H groups in total. The Morgan fingerprint density at radius 3 is 1.12 bits per heavy atom. The molecule has 1 aromatic rings. The van der Waals surface area contributed by atoms with E-state index in [4.69, 9.17) is 0 Å². The van der Waals surface area contributed by atoms with E-state index >= 15 is 0 Å². The van der Waals surface area contributed by atoms with E-state index in [2.05, 4.69) is 56.6 Å². The van der Waals surface area contributed by atoms with Gasteiger partial charge in [-0.25, -0.2) is 0 Å². The van der Waals surface area contributed by atoms with Crippen LogP contribution in [-0.4, -0.2) is 43.5 Å². The van der Waals surface area contributed by atoms with Gasteiger partial charge in [0.2, 0.25) is 0 Å². The third-order valence-electron chi connectivity index (χ3n) is 3.45. The maximum atomic E-state index is 2.50. The van der Waals surface area contributed by atoms with Crippen LogP contribution in [0.4, 0.5) is 0 Å². The van der Waals surface area contributed by atoms with Crippen LogP contribution in [-0.2, 0) is 0 Å². The van der Waals surface area contributed by atoms with Gasteiger partial charge in [-0.1, -0.05) is 0 Å². The topological polar surface area (TPSA) is 0 Å². The molecule has 90 valence electrons. The molecule has 2 heteroatoms. The van der Waals surface area contributed by atoms with Crippen LogP contribution in [0.3, 0.4) is 0 Å². The predicted octanol–water partition coefficient (Wildman–Crippen LogP) is 4.48. The minimum absolute atomic E-state index is 0.876. The third kappa shape index (κ3) is 4.03. The molecule has 0 aliphatic carbocycles. The summed E-state index contributed by atoms with van der Waals surface area (Å²) < 4.78 is 11.8. The van der Waals surface area contributed by atoms with Gasteiger partial charge in [0.05, 0.1) is 0 Å². The molecule has 0 bridgehead atoms. The second kappa shape index (κ2) is 6.80. The molecule has 0 heterocycles. The summed E-state index contributed by atoms with van der Waals surface area (Å²) in [5.41, 5.74) is 3.16. The fourth-order valence-corrected chi connectivity index (χ4v) is 7.62. The molecule has 0 spiro atoms. The fourth-order valence-electron chi connectivity index (χ4n) is 1.65. The second-order valence-corrected chi connectivity index (χ2v) is 26.0. The molecule has 0 saturated heterocycles. The number of rotatable bonds is 4. The second-order valence-electron chi connectivity index (χ2n) is 4.95. The van der Waals surface area contributed by atoms with E-state index in [-0.39, 0.29) is 0 Å². The van der Waals surface area contributed by atoms with Crippen molar-refractivity contribution in [1.82, 2.24) is 0 Å². The van der Waals surface area contributed by atoms with E-state index in [0.717, 1.165) is 7.25 Å². The summed E-state index contributed by atoms with van der Waals surface area (Å²) in [5, 5.41) is 0. The van der Waals surface area contributed by atoms with Crippen molar-refractivity contribution in [3.8, 4) is 0 Å². The first kappa shape index (κ1) is 15.0. The molecule has 1 aromatic carbocycles. The molecule has 0 aliphatic rings. The van der Waals surface area contributed by atoms with Gasteiger partial charge < -0.3 is 0 Å². The Bertz CT molecular complexity index is 281. The first-order chi connectivity index (χ1) is 7.43. The van der Waals surface area contributed by atoms with Crippen molar-refractivity contribution in [2.45, 2.75) is 39.6 Å². The SMILES string of the molecule is C[CH](c1ccc([CH](C)[Bi]([CH3])[CH3])cc1)[Bi]([CH3])[CH3]. The standard InChI is InChI=1S/C10H12.4CH3.2Bi/c1-3-9-5-7-10(4-2)8-6-9;;;;;;/h3-8H,1-2H3;4*1H3;;. The molecular weight excluding hydrogens is 586 g/mol. The van der Waals surface area contributed by atoms with E-state index in [1.165, 1.54) is 0 Å². The number of hydrogen-bond donors (Lipinski definition) is 0. The first-order valence-corrected chi connectivity index (χ1v) is 23.8. The van der Waals surface area contributed by atoms with Crippen LogP contribution in [0.2, 0.25) is 18.5 Å². The average molecular weight is 610 g/mol. The summed E-state index contributed by atoms with van der Waals surface area (Å²) in [4.78, 5) is 0. The van der Waals surface area contributed by atoms with Crippen molar-refractivity contribution in [2.24, 2.45) is 0 Å². The van der Waals surface area contributed by atoms with Gasteiger partial charge in [-0.15, -0.1) is 0 Å². The monoisotopic (exact) mass is 610 g/mol. The van der Waals surface area contributed by atoms with Crippen LogP contribution in [0, 0.1) is 0 Å². The molecule has 16 heavy (non-hydrogen) atoms. The summed E-state index contributed by atoms with van der Waals surface area (Å²) in [6.07, 6.45) is 0. The van der Waals surface area contributed by atoms with Gasteiger partial charge in [-0.2, -0.15) is 0 Å². The van der Waals surface area contributed by atoms with Crippen molar-refractivity contribution < 1.29 is 0 Å². The Labute approximate surface area is 117 Å². The van der Waals surface area contributed by atoms with Crippen molar-refractivity contribution >= 4 is 43.5 Å². The summed E-state index contributed by atoms with van der Waals surface area (Å²) in [7, 11) is 0. The summed E-state index contributed by atoms with van der Waals surface area (Å²) >= 11 is -2.26. The van der Waals surface area contributed by atoms with E-state index < -0.39 is 43.5 Å². The zero-order valence-electron chi connectivity index (χ0n) is 11.4. The van der Waals surface area contributed by atoms with Gasteiger partial charge in [0.15, 0.2) is 0 Å². The van der Waals surface area contributed by atoms with Gasteiger partial charge in [-0.3, -0.25) is 0 Å². The zero-order chi connectivity index (χ0) is 12.3. The van der Waals surface area contributed by atoms with Crippen molar-refractivity contribution in [3.05, 3.63) is 35.4 Å². The minimum atomic E-state index is -1.13. The molecular formula is C14H24Bi2. The third-order valence-corrected chi connectivity index (χ3v) is 17.8. The van der Waals surface area contributed by atoms with Crippen molar-refractivity contribution in [2.75, 3.05) is 0 Å². The first-order valence-electron chi connectivity index (χ1n) is 5.86. The van der Waals surface area contributed by atoms with E-state index in [9.17, 15) is 0 Å². The summed E-state index contributed by atoms with van der Waals surface area (Å²) in [6.45, 7) is 4.83. The zero-order valence-corrected chi connectivity index (χ0v) is 18.3. The number of benzene rings is 1. The van der Waals surface area contributed by atoms with Gasteiger partial charge in [0.1, 0.15) is 0 Å². The van der Waals surface area contributed by atoms with Crippen LogP contribution in [0.5, 0.6) is 0 Å². The van der Waals surface area contributed by atoms with E-state index in [1.54, 1.807) is 11.1 Å². The molecule has 0 aliphatic heterocycles. The summed E-state index contributed by atoms with van der Waals surface area (Å²) in [6, 6.07) is 9.55.